The third kappa shape index (κ3) is 3.72. The molecule has 43 heavy (non-hydrogen) atoms. The molecule has 0 saturated heterocycles. The van der Waals surface area contributed by atoms with E-state index in [1.165, 1.54) is 65.7 Å². The molecule has 200 valence electrons. The molecule has 1 nitrogen and oxygen atoms in total. The number of hydrogen-bond acceptors (Lipinski definition) is 1. The predicted molar refractivity (Wildman–Crippen MR) is 183 cm³/mol. The van der Waals surface area contributed by atoms with Crippen LogP contribution in [0, 0.1) is 0 Å². The lowest BCUT2D eigenvalue weighted by Gasteiger charge is -2.19. The first-order chi connectivity index (χ1) is 21.3. The van der Waals surface area contributed by atoms with Gasteiger partial charge in [-0.25, -0.2) is 0 Å². The Morgan fingerprint density at radius 1 is 0.302 bits per heavy atom. The second-order valence-corrected chi connectivity index (χ2v) is 11.3. The van der Waals surface area contributed by atoms with E-state index in [4.69, 9.17) is 4.42 Å². The molecule has 0 saturated carbocycles. The summed E-state index contributed by atoms with van der Waals surface area (Å²) in [5.74, 6) is 0. The van der Waals surface area contributed by atoms with E-state index in [2.05, 4.69) is 146 Å². The molecule has 0 aliphatic rings. The van der Waals surface area contributed by atoms with Crippen molar-refractivity contribution in [3.8, 4) is 33.4 Å². The average molecular weight is 547 g/mol. The lowest BCUT2D eigenvalue weighted by Crippen LogP contribution is -1.92. The largest absolute Gasteiger partial charge is 0.456 e. The van der Waals surface area contributed by atoms with E-state index in [0.29, 0.717) is 0 Å². The molecular weight excluding hydrogens is 520 g/mol. The molecule has 0 aliphatic carbocycles. The van der Waals surface area contributed by atoms with Gasteiger partial charge < -0.3 is 4.42 Å². The summed E-state index contributed by atoms with van der Waals surface area (Å²) in [5, 5.41) is 9.80. The third-order valence-electron chi connectivity index (χ3n) is 8.86. The first-order valence-corrected chi connectivity index (χ1v) is 14.8. The van der Waals surface area contributed by atoms with Gasteiger partial charge in [0.2, 0.25) is 0 Å². The molecule has 0 radical (unpaired) electrons. The van der Waals surface area contributed by atoms with E-state index < -0.39 is 0 Å². The molecule has 1 heterocycles. The Balaban J connectivity index is 1.45. The van der Waals surface area contributed by atoms with Gasteiger partial charge in [0.25, 0.3) is 0 Å². The van der Waals surface area contributed by atoms with Crippen LogP contribution < -0.4 is 0 Å². The fourth-order valence-electron chi connectivity index (χ4n) is 6.91. The molecule has 1 aromatic heterocycles. The topological polar surface area (TPSA) is 13.1 Å². The van der Waals surface area contributed by atoms with Gasteiger partial charge in [0, 0.05) is 10.8 Å². The Morgan fingerprint density at radius 3 is 1.77 bits per heavy atom. The normalized spacial score (nSPS) is 11.7. The van der Waals surface area contributed by atoms with Crippen molar-refractivity contribution in [1.82, 2.24) is 0 Å². The SMILES string of the molecule is c1ccc(-c2ccc3c(-c4cccc5ccccc45)c4ccccc4c(-c4ccc5oc6ccccc6c5c4)c3c2)cc1. The Hall–Kier alpha value is -5.66. The van der Waals surface area contributed by atoms with Crippen LogP contribution in [0.25, 0.3) is 87.6 Å². The minimum absolute atomic E-state index is 0.913. The standard InChI is InChI=1S/C42H26O/c1-2-11-27(12-3-1)29-21-23-36-38(25-29)41(30-22-24-40-37(26-30)32-16-8-9-20-39(32)43-40)34-17-6-7-18-35(34)42(36)33-19-10-14-28-13-4-5-15-31(28)33/h1-26H. The molecule has 8 aromatic carbocycles. The highest BCUT2D eigenvalue weighted by Crippen LogP contribution is 2.47. The van der Waals surface area contributed by atoms with Gasteiger partial charge in [-0.15, -0.1) is 0 Å². The number of rotatable bonds is 3. The van der Waals surface area contributed by atoms with Crippen molar-refractivity contribution in [2.75, 3.05) is 0 Å². The van der Waals surface area contributed by atoms with Crippen LogP contribution >= 0.6 is 0 Å². The molecule has 9 rings (SSSR count). The van der Waals surface area contributed by atoms with Crippen molar-refractivity contribution in [2.24, 2.45) is 0 Å². The highest BCUT2D eigenvalue weighted by Gasteiger charge is 2.19. The van der Waals surface area contributed by atoms with Crippen LogP contribution in [0.1, 0.15) is 0 Å². The maximum Gasteiger partial charge on any atom is 0.135 e. The van der Waals surface area contributed by atoms with Gasteiger partial charge in [0.1, 0.15) is 11.2 Å². The zero-order chi connectivity index (χ0) is 28.3. The number of para-hydroxylation sites is 1. The molecule has 0 amide bonds. The zero-order valence-corrected chi connectivity index (χ0v) is 23.4. The molecule has 0 bridgehead atoms. The number of fused-ring (bicyclic) bond motifs is 6. The van der Waals surface area contributed by atoms with Crippen molar-refractivity contribution in [2.45, 2.75) is 0 Å². The summed E-state index contributed by atoms with van der Waals surface area (Å²) in [6, 6.07) is 56.9. The summed E-state index contributed by atoms with van der Waals surface area (Å²) in [6.07, 6.45) is 0. The smallest absolute Gasteiger partial charge is 0.135 e. The van der Waals surface area contributed by atoms with Gasteiger partial charge in [-0.05, 0) is 90.0 Å². The Morgan fingerprint density at radius 2 is 0.907 bits per heavy atom. The van der Waals surface area contributed by atoms with E-state index >= 15 is 0 Å². The lowest BCUT2D eigenvalue weighted by atomic mass is 9.83. The Kier molecular flexibility index (Phi) is 5.27. The predicted octanol–water partition coefficient (Wildman–Crippen LogP) is 12.0. The van der Waals surface area contributed by atoms with E-state index in [1.54, 1.807) is 0 Å². The van der Waals surface area contributed by atoms with E-state index in [-0.39, 0.29) is 0 Å². The minimum Gasteiger partial charge on any atom is -0.456 e. The van der Waals surface area contributed by atoms with Gasteiger partial charge >= 0.3 is 0 Å². The van der Waals surface area contributed by atoms with Gasteiger partial charge in [-0.1, -0.05) is 133 Å². The third-order valence-corrected chi connectivity index (χ3v) is 8.86. The summed E-state index contributed by atoms with van der Waals surface area (Å²) >= 11 is 0. The first-order valence-electron chi connectivity index (χ1n) is 14.8. The summed E-state index contributed by atoms with van der Waals surface area (Å²) in [6.45, 7) is 0. The quantitative estimate of drug-likeness (QED) is 0.201. The van der Waals surface area contributed by atoms with Crippen LogP contribution in [0.15, 0.2) is 162 Å². The molecule has 9 aromatic rings. The average Bonchev–Trinajstić information content (AvgIpc) is 3.45. The fourth-order valence-corrected chi connectivity index (χ4v) is 6.91. The summed E-state index contributed by atoms with van der Waals surface area (Å²) in [4.78, 5) is 0. The monoisotopic (exact) mass is 546 g/mol. The van der Waals surface area contributed by atoms with Crippen molar-refractivity contribution < 1.29 is 4.42 Å². The van der Waals surface area contributed by atoms with Gasteiger partial charge in [-0.3, -0.25) is 0 Å². The summed E-state index contributed by atoms with van der Waals surface area (Å²) in [5.41, 5.74) is 9.23. The summed E-state index contributed by atoms with van der Waals surface area (Å²) in [7, 11) is 0. The van der Waals surface area contributed by atoms with E-state index in [9.17, 15) is 0 Å². The molecule has 0 spiro atoms. The molecular formula is C42H26O. The Bertz CT molecular complexity index is 2490. The molecule has 0 N–H and O–H groups in total. The van der Waals surface area contributed by atoms with Crippen molar-refractivity contribution in [3.63, 3.8) is 0 Å². The number of hydrogen-bond donors (Lipinski definition) is 0. The maximum atomic E-state index is 6.21. The first kappa shape index (κ1) is 24.0. The second-order valence-electron chi connectivity index (χ2n) is 11.3. The number of benzene rings is 8. The molecule has 0 fully saturated rings. The maximum absolute atomic E-state index is 6.21. The van der Waals surface area contributed by atoms with Crippen LogP contribution in [0.4, 0.5) is 0 Å². The van der Waals surface area contributed by atoms with Crippen molar-refractivity contribution >= 4 is 54.3 Å². The highest BCUT2D eigenvalue weighted by molar-refractivity contribution is 6.24. The van der Waals surface area contributed by atoms with Crippen LogP contribution in [-0.4, -0.2) is 0 Å². The zero-order valence-electron chi connectivity index (χ0n) is 23.4. The van der Waals surface area contributed by atoms with Crippen molar-refractivity contribution in [1.29, 1.82) is 0 Å². The van der Waals surface area contributed by atoms with Crippen LogP contribution in [0.5, 0.6) is 0 Å². The lowest BCUT2D eigenvalue weighted by molar-refractivity contribution is 0.669. The van der Waals surface area contributed by atoms with E-state index in [0.717, 1.165) is 21.9 Å². The van der Waals surface area contributed by atoms with Gasteiger partial charge in [0.05, 0.1) is 0 Å². The fraction of sp³-hybridized carbons (Fsp3) is 0. The summed E-state index contributed by atoms with van der Waals surface area (Å²) < 4.78 is 6.21. The van der Waals surface area contributed by atoms with E-state index in [1.807, 2.05) is 12.1 Å². The van der Waals surface area contributed by atoms with Crippen LogP contribution in [0.2, 0.25) is 0 Å². The Labute approximate surface area is 249 Å². The number of furan rings is 1. The van der Waals surface area contributed by atoms with Crippen LogP contribution in [-0.2, 0) is 0 Å². The second kappa shape index (κ2) is 9.44. The minimum atomic E-state index is 0.913. The highest BCUT2D eigenvalue weighted by atomic mass is 16.3. The molecule has 0 atom stereocenters. The van der Waals surface area contributed by atoms with Gasteiger partial charge in [-0.2, -0.15) is 0 Å². The van der Waals surface area contributed by atoms with Crippen molar-refractivity contribution in [3.05, 3.63) is 158 Å². The molecule has 0 aliphatic heterocycles. The van der Waals surface area contributed by atoms with Crippen LogP contribution in [0.3, 0.4) is 0 Å². The van der Waals surface area contributed by atoms with Gasteiger partial charge in [0.15, 0.2) is 0 Å². The molecule has 1 heteroatoms. The molecule has 0 unspecified atom stereocenters.